The van der Waals surface area contributed by atoms with Crippen molar-refractivity contribution in [3.05, 3.63) is 109 Å². The summed E-state index contributed by atoms with van der Waals surface area (Å²) in [5.41, 5.74) is 1.53. The van der Waals surface area contributed by atoms with Crippen molar-refractivity contribution in [1.82, 2.24) is 0 Å². The average molecular weight is 609 g/mol. The summed E-state index contributed by atoms with van der Waals surface area (Å²) in [5.74, 6) is -1.36. The smallest absolute Gasteiger partial charge is 0.236 e. The summed E-state index contributed by atoms with van der Waals surface area (Å²) in [7, 11) is 0. The van der Waals surface area contributed by atoms with Gasteiger partial charge in [-0.05, 0) is 40.1 Å². The SMILES string of the molecule is CCCCCCCCCCCC(C(=O)Nc1c2ccccc2cc2ccccc12)C(=O)Nc1c2ccccc2cc2ccccc12. The third-order valence-corrected chi connectivity index (χ3v) is 9.27. The highest BCUT2D eigenvalue weighted by molar-refractivity contribution is 6.21. The minimum Gasteiger partial charge on any atom is -0.324 e. The van der Waals surface area contributed by atoms with Crippen molar-refractivity contribution in [2.24, 2.45) is 5.92 Å². The molecule has 6 aromatic rings. The van der Waals surface area contributed by atoms with E-state index in [1.807, 2.05) is 72.8 Å². The predicted octanol–water partition coefficient (Wildman–Crippen LogP) is 11.4. The molecule has 2 amide bonds. The van der Waals surface area contributed by atoms with Gasteiger partial charge in [-0.25, -0.2) is 0 Å². The van der Waals surface area contributed by atoms with E-state index in [0.717, 1.165) is 73.7 Å². The topological polar surface area (TPSA) is 58.2 Å². The van der Waals surface area contributed by atoms with Gasteiger partial charge in [-0.15, -0.1) is 0 Å². The normalized spacial score (nSPS) is 11.5. The quantitative estimate of drug-likeness (QED) is 0.0734. The highest BCUT2D eigenvalue weighted by atomic mass is 16.2. The molecular formula is C42H44N2O2. The average Bonchev–Trinajstić information content (AvgIpc) is 3.08. The second kappa shape index (κ2) is 15.1. The third-order valence-electron chi connectivity index (χ3n) is 9.27. The van der Waals surface area contributed by atoms with Crippen molar-refractivity contribution in [3.63, 3.8) is 0 Å². The minimum atomic E-state index is -0.833. The molecule has 0 aliphatic heterocycles. The zero-order valence-corrected chi connectivity index (χ0v) is 26.9. The van der Waals surface area contributed by atoms with Gasteiger partial charge in [-0.3, -0.25) is 9.59 Å². The maximum Gasteiger partial charge on any atom is 0.236 e. The van der Waals surface area contributed by atoms with Crippen LogP contribution in [-0.4, -0.2) is 11.8 Å². The van der Waals surface area contributed by atoms with Gasteiger partial charge < -0.3 is 10.6 Å². The van der Waals surface area contributed by atoms with Crippen molar-refractivity contribution >= 4 is 66.3 Å². The minimum absolute atomic E-state index is 0.261. The molecule has 6 rings (SSSR count). The summed E-state index contributed by atoms with van der Waals surface area (Å²) in [6.07, 6.45) is 11.1. The monoisotopic (exact) mass is 608 g/mol. The summed E-state index contributed by atoms with van der Waals surface area (Å²) >= 11 is 0. The van der Waals surface area contributed by atoms with Crippen LogP contribution in [0.3, 0.4) is 0 Å². The number of rotatable bonds is 14. The van der Waals surface area contributed by atoms with E-state index in [1.54, 1.807) is 0 Å². The molecule has 0 bridgehead atoms. The second-order valence-electron chi connectivity index (χ2n) is 12.5. The van der Waals surface area contributed by atoms with E-state index in [1.165, 1.54) is 38.5 Å². The van der Waals surface area contributed by atoms with E-state index < -0.39 is 5.92 Å². The van der Waals surface area contributed by atoms with E-state index in [4.69, 9.17) is 0 Å². The Balaban J connectivity index is 1.28. The lowest BCUT2D eigenvalue weighted by Crippen LogP contribution is -2.34. The molecule has 0 atom stereocenters. The summed E-state index contributed by atoms with van der Waals surface area (Å²) < 4.78 is 0. The number of unbranched alkanes of at least 4 members (excludes halogenated alkanes) is 8. The van der Waals surface area contributed by atoms with Gasteiger partial charge >= 0.3 is 0 Å². The first kappa shape index (κ1) is 31.3. The van der Waals surface area contributed by atoms with Crippen molar-refractivity contribution in [3.8, 4) is 0 Å². The van der Waals surface area contributed by atoms with Crippen molar-refractivity contribution in [2.45, 2.75) is 71.1 Å². The van der Waals surface area contributed by atoms with Gasteiger partial charge in [0.05, 0.1) is 11.4 Å². The Bertz CT molecular complexity index is 1740. The van der Waals surface area contributed by atoms with Crippen molar-refractivity contribution in [2.75, 3.05) is 10.6 Å². The van der Waals surface area contributed by atoms with Crippen molar-refractivity contribution < 1.29 is 9.59 Å². The summed E-state index contributed by atoms with van der Waals surface area (Å²) in [4.78, 5) is 28.5. The number of carbonyl (C=O) groups excluding carboxylic acids is 2. The molecule has 234 valence electrons. The second-order valence-corrected chi connectivity index (χ2v) is 12.5. The van der Waals surface area contributed by atoms with E-state index in [-0.39, 0.29) is 11.8 Å². The van der Waals surface area contributed by atoms with Crippen molar-refractivity contribution in [1.29, 1.82) is 0 Å². The number of benzene rings is 6. The van der Waals surface area contributed by atoms with Crippen LogP contribution >= 0.6 is 0 Å². The maximum atomic E-state index is 14.3. The number of hydrogen-bond donors (Lipinski definition) is 2. The molecule has 6 aromatic carbocycles. The number of anilines is 2. The molecule has 0 saturated carbocycles. The van der Waals surface area contributed by atoms with Crippen LogP contribution in [0.15, 0.2) is 109 Å². The Labute approximate surface area is 272 Å². The highest BCUT2D eigenvalue weighted by Gasteiger charge is 2.28. The highest BCUT2D eigenvalue weighted by Crippen LogP contribution is 2.35. The van der Waals surface area contributed by atoms with E-state index in [2.05, 4.69) is 54.0 Å². The largest absolute Gasteiger partial charge is 0.324 e. The number of fused-ring (bicyclic) bond motifs is 4. The van der Waals surface area contributed by atoms with E-state index >= 15 is 0 Å². The first-order valence-electron chi connectivity index (χ1n) is 17.1. The molecule has 2 N–H and O–H groups in total. The van der Waals surface area contributed by atoms with Crippen LogP contribution in [0.25, 0.3) is 43.1 Å². The van der Waals surface area contributed by atoms with Crippen LogP contribution in [0.2, 0.25) is 0 Å². The molecule has 0 aliphatic rings. The Hall–Kier alpha value is -4.70. The lowest BCUT2D eigenvalue weighted by molar-refractivity contribution is -0.129. The molecule has 46 heavy (non-hydrogen) atoms. The van der Waals surface area contributed by atoms with Gasteiger partial charge in [0.25, 0.3) is 0 Å². The molecule has 0 aliphatic carbocycles. The van der Waals surface area contributed by atoms with Crippen LogP contribution in [0.1, 0.15) is 71.1 Å². The molecule has 0 fully saturated rings. The molecule has 0 aromatic heterocycles. The number of amides is 2. The molecule has 0 radical (unpaired) electrons. The number of carbonyl (C=O) groups is 2. The molecule has 4 heteroatoms. The fourth-order valence-electron chi connectivity index (χ4n) is 6.76. The van der Waals surface area contributed by atoms with Gasteiger partial charge in [-0.2, -0.15) is 0 Å². The molecular weight excluding hydrogens is 564 g/mol. The Morgan fingerprint density at radius 1 is 0.478 bits per heavy atom. The van der Waals surface area contributed by atoms with Gasteiger partial charge in [0, 0.05) is 21.5 Å². The van der Waals surface area contributed by atoms with Gasteiger partial charge in [0.2, 0.25) is 11.8 Å². The predicted molar refractivity (Wildman–Crippen MR) is 196 cm³/mol. The van der Waals surface area contributed by atoms with E-state index in [9.17, 15) is 9.59 Å². The Morgan fingerprint density at radius 3 is 1.17 bits per heavy atom. The Kier molecular flexibility index (Phi) is 10.2. The summed E-state index contributed by atoms with van der Waals surface area (Å²) in [6, 6.07) is 36.7. The standard InChI is InChI=1S/C42H44N2O2/c1-2-3-4-5-6-7-8-9-10-27-38(41(45)43-39-34-23-15-11-19-30(34)28-31-20-12-16-24-35(31)39)42(46)44-40-36-25-17-13-21-32(36)29-33-22-14-18-26-37(33)40/h11-26,28-29,38H,2-10,27H2,1H3,(H,43,45)(H,44,46). The molecule has 0 unspecified atom stereocenters. The Morgan fingerprint density at radius 2 is 0.804 bits per heavy atom. The van der Waals surface area contributed by atoms with E-state index in [0.29, 0.717) is 6.42 Å². The molecule has 0 saturated heterocycles. The van der Waals surface area contributed by atoms with Crippen LogP contribution in [0, 0.1) is 5.92 Å². The third kappa shape index (κ3) is 7.07. The first-order valence-corrected chi connectivity index (χ1v) is 17.1. The lowest BCUT2D eigenvalue weighted by atomic mass is 9.95. The van der Waals surface area contributed by atoms with Crippen LogP contribution in [0.5, 0.6) is 0 Å². The van der Waals surface area contributed by atoms with Gasteiger partial charge in [0.15, 0.2) is 0 Å². The molecule has 0 spiro atoms. The summed E-state index contributed by atoms with van der Waals surface area (Å²) in [5, 5.41) is 14.6. The lowest BCUT2D eigenvalue weighted by Gasteiger charge is -2.20. The first-order chi connectivity index (χ1) is 22.6. The van der Waals surface area contributed by atoms with Crippen LogP contribution < -0.4 is 10.6 Å². The van der Waals surface area contributed by atoms with Crippen LogP contribution in [-0.2, 0) is 9.59 Å². The van der Waals surface area contributed by atoms with Crippen LogP contribution in [0.4, 0.5) is 11.4 Å². The summed E-state index contributed by atoms with van der Waals surface area (Å²) in [6.45, 7) is 2.24. The fraction of sp³-hybridized carbons (Fsp3) is 0.286. The zero-order valence-electron chi connectivity index (χ0n) is 26.9. The fourth-order valence-corrected chi connectivity index (χ4v) is 6.76. The maximum absolute atomic E-state index is 14.3. The number of hydrogen-bond acceptors (Lipinski definition) is 2. The van der Waals surface area contributed by atoms with Gasteiger partial charge in [0.1, 0.15) is 5.92 Å². The van der Waals surface area contributed by atoms with Gasteiger partial charge in [-0.1, -0.05) is 162 Å². The zero-order chi connectivity index (χ0) is 31.7. The number of nitrogens with one attached hydrogen (secondary N) is 2. The molecule has 4 nitrogen and oxygen atoms in total. The molecule has 0 heterocycles.